The van der Waals surface area contributed by atoms with Crippen molar-refractivity contribution >= 4 is 23.1 Å². The summed E-state index contributed by atoms with van der Waals surface area (Å²) < 4.78 is 18.7. The van der Waals surface area contributed by atoms with Crippen molar-refractivity contribution < 1.29 is 13.9 Å². The van der Waals surface area contributed by atoms with Gasteiger partial charge in [0.15, 0.2) is 0 Å². The summed E-state index contributed by atoms with van der Waals surface area (Å²) in [5.41, 5.74) is 10.5. The SMILES string of the molecule is CC(COc1ccc(C(N)=S)c(F)c1)C(N)=O. The number of benzene rings is 1. The lowest BCUT2D eigenvalue weighted by molar-refractivity contribution is -0.122. The highest BCUT2D eigenvalue weighted by molar-refractivity contribution is 7.80. The van der Waals surface area contributed by atoms with Crippen LogP contribution in [0.2, 0.25) is 0 Å². The molecule has 0 heterocycles. The first-order valence-corrected chi connectivity index (χ1v) is 5.34. The molecule has 1 rings (SSSR count). The lowest BCUT2D eigenvalue weighted by Gasteiger charge is -2.10. The molecule has 1 atom stereocenters. The van der Waals surface area contributed by atoms with Gasteiger partial charge >= 0.3 is 0 Å². The van der Waals surface area contributed by atoms with Crippen LogP contribution in [-0.2, 0) is 4.79 Å². The van der Waals surface area contributed by atoms with Gasteiger partial charge in [-0.3, -0.25) is 4.79 Å². The number of amides is 1. The number of carbonyl (C=O) groups is 1. The summed E-state index contributed by atoms with van der Waals surface area (Å²) in [4.78, 5) is 10.8. The summed E-state index contributed by atoms with van der Waals surface area (Å²) in [5, 5.41) is 0. The van der Waals surface area contributed by atoms with Gasteiger partial charge in [0.2, 0.25) is 5.91 Å². The van der Waals surface area contributed by atoms with E-state index in [1.54, 1.807) is 6.92 Å². The highest BCUT2D eigenvalue weighted by atomic mass is 32.1. The van der Waals surface area contributed by atoms with E-state index in [9.17, 15) is 9.18 Å². The molecule has 0 aromatic heterocycles. The number of thiocarbonyl (C=S) groups is 1. The zero-order chi connectivity index (χ0) is 13.0. The van der Waals surface area contributed by atoms with Crippen LogP contribution in [0.25, 0.3) is 0 Å². The Morgan fingerprint density at radius 3 is 2.65 bits per heavy atom. The fraction of sp³-hybridized carbons (Fsp3) is 0.273. The molecule has 0 fully saturated rings. The van der Waals surface area contributed by atoms with Gasteiger partial charge < -0.3 is 16.2 Å². The Hall–Kier alpha value is -1.69. The molecule has 92 valence electrons. The number of hydrogen-bond donors (Lipinski definition) is 2. The molecule has 4 N–H and O–H groups in total. The predicted molar refractivity (Wildman–Crippen MR) is 66.1 cm³/mol. The van der Waals surface area contributed by atoms with Crippen molar-refractivity contribution in [2.45, 2.75) is 6.92 Å². The number of primary amides is 1. The molecule has 4 nitrogen and oxygen atoms in total. The molecule has 0 aliphatic carbocycles. The van der Waals surface area contributed by atoms with Crippen LogP contribution in [0.15, 0.2) is 18.2 Å². The predicted octanol–water partition coefficient (Wildman–Crippen LogP) is 0.960. The van der Waals surface area contributed by atoms with Gasteiger partial charge in [0.1, 0.15) is 16.6 Å². The van der Waals surface area contributed by atoms with Gasteiger partial charge in [0, 0.05) is 11.6 Å². The third kappa shape index (κ3) is 3.67. The van der Waals surface area contributed by atoms with Crippen LogP contribution in [0.3, 0.4) is 0 Å². The fourth-order valence-electron chi connectivity index (χ4n) is 1.09. The van der Waals surface area contributed by atoms with E-state index in [1.165, 1.54) is 18.2 Å². The Morgan fingerprint density at radius 1 is 1.53 bits per heavy atom. The van der Waals surface area contributed by atoms with Gasteiger partial charge in [-0.2, -0.15) is 0 Å². The molecule has 0 spiro atoms. The van der Waals surface area contributed by atoms with Gasteiger partial charge in [-0.05, 0) is 12.1 Å². The molecule has 0 aliphatic heterocycles. The van der Waals surface area contributed by atoms with Crippen molar-refractivity contribution in [2.24, 2.45) is 17.4 Å². The van der Waals surface area contributed by atoms with Crippen LogP contribution in [0.1, 0.15) is 12.5 Å². The second kappa shape index (κ2) is 5.58. The molecule has 1 aromatic carbocycles. The maximum atomic E-state index is 13.4. The van der Waals surface area contributed by atoms with Crippen LogP contribution >= 0.6 is 12.2 Å². The molecule has 17 heavy (non-hydrogen) atoms. The summed E-state index contributed by atoms with van der Waals surface area (Å²) in [6, 6.07) is 4.13. The average molecular weight is 256 g/mol. The topological polar surface area (TPSA) is 78.3 Å². The quantitative estimate of drug-likeness (QED) is 0.769. The Bertz CT molecular complexity index is 451. The van der Waals surface area contributed by atoms with E-state index >= 15 is 0 Å². The Labute approximate surface area is 104 Å². The Kier molecular flexibility index (Phi) is 4.39. The molecule has 6 heteroatoms. The van der Waals surface area contributed by atoms with Crippen molar-refractivity contribution in [3.05, 3.63) is 29.6 Å². The molecule has 0 bridgehead atoms. The zero-order valence-corrected chi connectivity index (χ0v) is 10.1. The molecular formula is C11H13FN2O2S. The first kappa shape index (κ1) is 13.4. The van der Waals surface area contributed by atoms with Gasteiger partial charge in [-0.25, -0.2) is 4.39 Å². The summed E-state index contributed by atoms with van der Waals surface area (Å²) >= 11 is 4.67. The highest BCUT2D eigenvalue weighted by Gasteiger charge is 2.11. The van der Waals surface area contributed by atoms with Crippen molar-refractivity contribution in [1.82, 2.24) is 0 Å². The summed E-state index contributed by atoms with van der Waals surface area (Å²) in [6.45, 7) is 1.73. The van der Waals surface area contributed by atoms with E-state index < -0.39 is 17.6 Å². The third-order valence-corrected chi connectivity index (χ3v) is 2.41. The first-order chi connectivity index (χ1) is 7.91. The first-order valence-electron chi connectivity index (χ1n) is 4.93. The molecule has 0 aliphatic rings. The van der Waals surface area contributed by atoms with Crippen molar-refractivity contribution in [2.75, 3.05) is 6.61 Å². The smallest absolute Gasteiger partial charge is 0.223 e. The normalized spacial score (nSPS) is 11.9. The molecule has 1 aromatic rings. The number of halogens is 1. The van der Waals surface area contributed by atoms with Gasteiger partial charge in [0.05, 0.1) is 12.5 Å². The molecule has 1 unspecified atom stereocenters. The van der Waals surface area contributed by atoms with Gasteiger partial charge in [0.25, 0.3) is 0 Å². The lowest BCUT2D eigenvalue weighted by Crippen LogP contribution is -2.25. The fourth-order valence-corrected chi connectivity index (χ4v) is 1.25. The average Bonchev–Trinajstić information content (AvgIpc) is 2.25. The van der Waals surface area contributed by atoms with E-state index in [1.807, 2.05) is 0 Å². The zero-order valence-electron chi connectivity index (χ0n) is 9.27. The van der Waals surface area contributed by atoms with E-state index in [2.05, 4.69) is 12.2 Å². The van der Waals surface area contributed by atoms with Crippen LogP contribution in [0.5, 0.6) is 5.75 Å². The van der Waals surface area contributed by atoms with Gasteiger partial charge in [-0.1, -0.05) is 19.1 Å². The number of nitrogens with two attached hydrogens (primary N) is 2. The second-order valence-electron chi connectivity index (χ2n) is 3.62. The largest absolute Gasteiger partial charge is 0.493 e. The van der Waals surface area contributed by atoms with Crippen molar-refractivity contribution in [1.29, 1.82) is 0 Å². The van der Waals surface area contributed by atoms with Crippen LogP contribution in [-0.4, -0.2) is 17.5 Å². The van der Waals surface area contributed by atoms with E-state index in [0.29, 0.717) is 5.75 Å². The molecule has 0 saturated heterocycles. The summed E-state index contributed by atoms with van der Waals surface area (Å²) in [6.07, 6.45) is 0. The van der Waals surface area contributed by atoms with Crippen LogP contribution in [0, 0.1) is 11.7 Å². The number of hydrogen-bond acceptors (Lipinski definition) is 3. The monoisotopic (exact) mass is 256 g/mol. The number of carbonyl (C=O) groups excluding carboxylic acids is 1. The maximum absolute atomic E-state index is 13.4. The minimum Gasteiger partial charge on any atom is -0.493 e. The van der Waals surface area contributed by atoms with E-state index in [0.717, 1.165) is 0 Å². The van der Waals surface area contributed by atoms with E-state index in [4.69, 9.17) is 16.2 Å². The molecular weight excluding hydrogens is 243 g/mol. The van der Waals surface area contributed by atoms with Crippen LogP contribution < -0.4 is 16.2 Å². The Morgan fingerprint density at radius 2 is 2.18 bits per heavy atom. The summed E-state index contributed by atoms with van der Waals surface area (Å²) in [7, 11) is 0. The van der Waals surface area contributed by atoms with Gasteiger partial charge in [-0.15, -0.1) is 0 Å². The van der Waals surface area contributed by atoms with Crippen LogP contribution in [0.4, 0.5) is 4.39 Å². The summed E-state index contributed by atoms with van der Waals surface area (Å²) in [5.74, 6) is -1.16. The van der Waals surface area contributed by atoms with Crippen molar-refractivity contribution in [3.63, 3.8) is 0 Å². The third-order valence-electron chi connectivity index (χ3n) is 2.19. The number of ether oxygens (including phenoxy) is 1. The minimum atomic E-state index is -0.554. The Balaban J connectivity index is 2.71. The second-order valence-corrected chi connectivity index (χ2v) is 4.06. The maximum Gasteiger partial charge on any atom is 0.223 e. The number of rotatable bonds is 5. The molecule has 0 saturated carbocycles. The van der Waals surface area contributed by atoms with E-state index in [-0.39, 0.29) is 17.2 Å². The highest BCUT2D eigenvalue weighted by Crippen LogP contribution is 2.17. The molecule has 0 radical (unpaired) electrons. The minimum absolute atomic E-state index is 0.0143. The standard InChI is InChI=1S/C11H13FN2O2S/c1-6(10(13)15)5-16-7-2-3-8(11(14)17)9(12)4-7/h2-4,6H,5H2,1H3,(H2,13,15)(H2,14,17). The van der Waals surface area contributed by atoms with Crippen molar-refractivity contribution in [3.8, 4) is 5.75 Å². The molecule has 1 amide bonds. The lowest BCUT2D eigenvalue weighted by atomic mass is 10.2.